The van der Waals surface area contributed by atoms with Crippen LogP contribution in [0, 0.1) is 0 Å². The number of aromatic nitrogens is 2. The first kappa shape index (κ1) is 12.9. The molecule has 0 atom stereocenters. The fraction of sp³-hybridized carbons (Fsp3) is 0.333. The molecule has 0 amide bonds. The van der Waals surface area contributed by atoms with Crippen LogP contribution in [-0.2, 0) is 6.54 Å². The maximum atomic E-state index is 5.62. The average molecular weight is 269 g/mol. The van der Waals surface area contributed by atoms with Gasteiger partial charge in [0.25, 0.3) is 0 Å². The van der Waals surface area contributed by atoms with Crippen molar-refractivity contribution >= 4 is 11.5 Å². The van der Waals surface area contributed by atoms with Crippen molar-refractivity contribution in [2.75, 3.05) is 36.8 Å². The zero-order chi connectivity index (χ0) is 13.8. The van der Waals surface area contributed by atoms with E-state index in [0.29, 0.717) is 5.82 Å². The minimum absolute atomic E-state index is 0.574. The summed E-state index contributed by atoms with van der Waals surface area (Å²) in [6, 6.07) is 8.06. The van der Waals surface area contributed by atoms with Crippen molar-refractivity contribution in [1.29, 1.82) is 0 Å². The molecule has 2 N–H and O–H groups in total. The number of rotatable bonds is 3. The van der Waals surface area contributed by atoms with Gasteiger partial charge in [-0.1, -0.05) is 0 Å². The molecule has 2 aromatic heterocycles. The van der Waals surface area contributed by atoms with E-state index < -0.39 is 0 Å². The van der Waals surface area contributed by atoms with Gasteiger partial charge in [0.1, 0.15) is 5.82 Å². The molecular weight excluding hydrogens is 250 g/mol. The van der Waals surface area contributed by atoms with Gasteiger partial charge in [0.15, 0.2) is 0 Å². The van der Waals surface area contributed by atoms with Gasteiger partial charge in [0.05, 0.1) is 11.9 Å². The van der Waals surface area contributed by atoms with Gasteiger partial charge in [-0.3, -0.25) is 9.88 Å². The summed E-state index contributed by atoms with van der Waals surface area (Å²) in [4.78, 5) is 13.0. The van der Waals surface area contributed by atoms with E-state index in [2.05, 4.69) is 31.9 Å². The fourth-order valence-corrected chi connectivity index (χ4v) is 2.50. The second kappa shape index (κ2) is 5.88. The van der Waals surface area contributed by atoms with E-state index >= 15 is 0 Å². The molecule has 3 rings (SSSR count). The summed E-state index contributed by atoms with van der Waals surface area (Å²) in [6.07, 6.45) is 5.56. The van der Waals surface area contributed by atoms with Gasteiger partial charge >= 0.3 is 0 Å². The Kier molecular flexibility index (Phi) is 3.78. The average Bonchev–Trinajstić information content (AvgIpc) is 2.50. The molecule has 1 saturated heterocycles. The summed E-state index contributed by atoms with van der Waals surface area (Å²) in [5, 5.41) is 0. The van der Waals surface area contributed by atoms with Crippen molar-refractivity contribution in [2.24, 2.45) is 0 Å². The molecule has 5 heteroatoms. The molecule has 0 aromatic carbocycles. The quantitative estimate of drug-likeness (QED) is 0.912. The Morgan fingerprint density at radius 3 is 2.40 bits per heavy atom. The Morgan fingerprint density at radius 1 is 1.00 bits per heavy atom. The van der Waals surface area contributed by atoms with Crippen LogP contribution in [0.5, 0.6) is 0 Å². The highest BCUT2D eigenvalue weighted by atomic mass is 15.3. The van der Waals surface area contributed by atoms with Crippen molar-refractivity contribution in [3.63, 3.8) is 0 Å². The number of nitrogen functional groups attached to an aromatic ring is 1. The molecular formula is C15H19N5. The number of hydrogen-bond acceptors (Lipinski definition) is 5. The normalized spacial score (nSPS) is 16.3. The highest BCUT2D eigenvalue weighted by molar-refractivity contribution is 5.48. The molecule has 0 spiro atoms. The number of hydrogen-bond donors (Lipinski definition) is 1. The smallest absolute Gasteiger partial charge is 0.123 e. The van der Waals surface area contributed by atoms with E-state index in [1.54, 1.807) is 0 Å². The van der Waals surface area contributed by atoms with Crippen molar-refractivity contribution in [3.05, 3.63) is 48.4 Å². The van der Waals surface area contributed by atoms with Crippen LogP contribution in [0.25, 0.3) is 0 Å². The second-order valence-electron chi connectivity index (χ2n) is 5.06. The van der Waals surface area contributed by atoms with Gasteiger partial charge in [0, 0.05) is 45.1 Å². The number of pyridine rings is 2. The molecule has 0 bridgehead atoms. The van der Waals surface area contributed by atoms with Gasteiger partial charge in [-0.05, 0) is 29.8 Å². The molecule has 0 radical (unpaired) electrons. The molecule has 1 aliphatic heterocycles. The van der Waals surface area contributed by atoms with Gasteiger partial charge < -0.3 is 10.6 Å². The third kappa shape index (κ3) is 3.05. The minimum Gasteiger partial charge on any atom is -0.384 e. The summed E-state index contributed by atoms with van der Waals surface area (Å²) in [6.45, 7) is 5.17. The lowest BCUT2D eigenvalue weighted by Crippen LogP contribution is -2.46. The monoisotopic (exact) mass is 269 g/mol. The molecule has 20 heavy (non-hydrogen) atoms. The highest BCUT2D eigenvalue weighted by Gasteiger charge is 2.17. The van der Waals surface area contributed by atoms with Crippen LogP contribution in [0.3, 0.4) is 0 Å². The number of nitrogens with two attached hydrogens (primary N) is 1. The van der Waals surface area contributed by atoms with Crippen LogP contribution in [0.15, 0.2) is 42.9 Å². The second-order valence-corrected chi connectivity index (χ2v) is 5.06. The standard InChI is InChI=1S/C15H19N5/c16-15-2-1-14(11-18-15)20-9-7-19(8-10-20)12-13-3-5-17-6-4-13/h1-6,11H,7-10,12H2,(H2,16,18). The van der Waals surface area contributed by atoms with E-state index in [-0.39, 0.29) is 0 Å². The predicted octanol–water partition coefficient (Wildman–Crippen LogP) is 1.38. The lowest BCUT2D eigenvalue weighted by Gasteiger charge is -2.35. The Bertz CT molecular complexity index is 532. The summed E-state index contributed by atoms with van der Waals surface area (Å²) in [7, 11) is 0. The highest BCUT2D eigenvalue weighted by Crippen LogP contribution is 2.17. The molecule has 3 heterocycles. The Labute approximate surface area is 119 Å². The first-order chi connectivity index (χ1) is 9.81. The Hall–Kier alpha value is -2.14. The third-order valence-electron chi connectivity index (χ3n) is 3.66. The first-order valence-corrected chi connectivity index (χ1v) is 6.89. The summed E-state index contributed by atoms with van der Waals surface area (Å²) < 4.78 is 0. The predicted molar refractivity (Wildman–Crippen MR) is 80.4 cm³/mol. The van der Waals surface area contributed by atoms with Crippen molar-refractivity contribution in [1.82, 2.24) is 14.9 Å². The number of nitrogens with zero attached hydrogens (tertiary/aromatic N) is 4. The fourth-order valence-electron chi connectivity index (χ4n) is 2.50. The van der Waals surface area contributed by atoms with Gasteiger partial charge in [-0.2, -0.15) is 0 Å². The van der Waals surface area contributed by atoms with Crippen LogP contribution < -0.4 is 10.6 Å². The van der Waals surface area contributed by atoms with Gasteiger partial charge in [-0.15, -0.1) is 0 Å². The van der Waals surface area contributed by atoms with Crippen LogP contribution >= 0.6 is 0 Å². The maximum absolute atomic E-state index is 5.62. The first-order valence-electron chi connectivity index (χ1n) is 6.89. The summed E-state index contributed by atoms with van der Waals surface area (Å²) in [5.74, 6) is 0.574. The lowest BCUT2D eigenvalue weighted by atomic mass is 10.2. The Balaban J connectivity index is 1.55. The number of anilines is 2. The molecule has 0 saturated carbocycles. The Morgan fingerprint density at radius 2 is 1.75 bits per heavy atom. The molecule has 104 valence electrons. The molecule has 1 fully saturated rings. The number of piperazine rings is 1. The van der Waals surface area contributed by atoms with Crippen molar-refractivity contribution < 1.29 is 0 Å². The van der Waals surface area contributed by atoms with E-state index in [0.717, 1.165) is 38.4 Å². The van der Waals surface area contributed by atoms with E-state index in [9.17, 15) is 0 Å². The van der Waals surface area contributed by atoms with Crippen LogP contribution in [0.1, 0.15) is 5.56 Å². The topological polar surface area (TPSA) is 58.3 Å². The van der Waals surface area contributed by atoms with Gasteiger partial charge in [-0.25, -0.2) is 4.98 Å². The zero-order valence-electron chi connectivity index (χ0n) is 11.4. The van der Waals surface area contributed by atoms with Crippen LogP contribution in [0.4, 0.5) is 11.5 Å². The molecule has 0 unspecified atom stereocenters. The van der Waals surface area contributed by atoms with E-state index in [4.69, 9.17) is 5.73 Å². The van der Waals surface area contributed by atoms with Gasteiger partial charge in [0.2, 0.25) is 0 Å². The SMILES string of the molecule is Nc1ccc(N2CCN(Cc3ccncc3)CC2)cn1. The van der Waals surface area contributed by atoms with Crippen LogP contribution in [-0.4, -0.2) is 41.0 Å². The molecule has 5 nitrogen and oxygen atoms in total. The molecule has 2 aromatic rings. The van der Waals surface area contributed by atoms with E-state index in [1.165, 1.54) is 5.56 Å². The minimum atomic E-state index is 0.574. The zero-order valence-corrected chi connectivity index (χ0v) is 11.4. The van der Waals surface area contributed by atoms with Crippen molar-refractivity contribution in [3.8, 4) is 0 Å². The van der Waals surface area contributed by atoms with Crippen LogP contribution in [0.2, 0.25) is 0 Å². The van der Waals surface area contributed by atoms with Crippen molar-refractivity contribution in [2.45, 2.75) is 6.54 Å². The molecule has 1 aliphatic rings. The summed E-state index contributed by atoms with van der Waals surface area (Å²) >= 11 is 0. The summed E-state index contributed by atoms with van der Waals surface area (Å²) in [5.41, 5.74) is 8.10. The maximum Gasteiger partial charge on any atom is 0.123 e. The lowest BCUT2D eigenvalue weighted by molar-refractivity contribution is 0.250. The van der Waals surface area contributed by atoms with E-state index in [1.807, 2.05) is 30.7 Å². The molecule has 0 aliphatic carbocycles. The third-order valence-corrected chi connectivity index (χ3v) is 3.66. The largest absolute Gasteiger partial charge is 0.384 e.